The molecule has 0 unspecified atom stereocenters. The lowest BCUT2D eigenvalue weighted by Gasteiger charge is -2.18. The van der Waals surface area contributed by atoms with Crippen LogP contribution in [-0.2, 0) is 13.6 Å². The first-order valence-electron chi connectivity index (χ1n) is 9.56. The number of aromatic amines is 1. The zero-order chi connectivity index (χ0) is 20.1. The molecule has 4 rings (SSSR count). The maximum Gasteiger partial charge on any atom is 0.330 e. The molecule has 0 aliphatic heterocycles. The number of nitrogens with zero attached hydrogens (tertiary/aromatic N) is 3. The van der Waals surface area contributed by atoms with Crippen LogP contribution in [-0.4, -0.2) is 19.1 Å². The number of fused-ring (bicyclic) bond motifs is 1. The standard InChI is InChI=1S/C23H26N4O/c1-15-8-9-16(18-7-6-12-24-18)13-17(15)19-10-11-20-21(25-19)26(5)22(28)27(20)14-23(2,3)4/h6-13,24H,14H2,1-5H3. The van der Waals surface area contributed by atoms with Crippen LogP contribution < -0.4 is 5.69 Å². The normalized spacial score (nSPS) is 12.0. The monoisotopic (exact) mass is 374 g/mol. The Morgan fingerprint density at radius 3 is 2.57 bits per heavy atom. The number of hydrogen-bond donors (Lipinski definition) is 1. The fourth-order valence-electron chi connectivity index (χ4n) is 3.63. The minimum absolute atomic E-state index is 0.0116. The van der Waals surface area contributed by atoms with E-state index in [0.29, 0.717) is 6.54 Å². The highest BCUT2D eigenvalue weighted by Gasteiger charge is 2.19. The third kappa shape index (κ3) is 3.17. The fourth-order valence-corrected chi connectivity index (χ4v) is 3.63. The van der Waals surface area contributed by atoms with Gasteiger partial charge in [-0.15, -0.1) is 0 Å². The fraction of sp³-hybridized carbons (Fsp3) is 0.304. The third-order valence-electron chi connectivity index (χ3n) is 5.04. The number of pyridine rings is 1. The Bertz CT molecular complexity index is 1200. The SMILES string of the molecule is Cc1ccc(-c2ccc[nH]2)cc1-c1ccc2c(n1)n(C)c(=O)n2CC(C)(C)C. The Hall–Kier alpha value is -3.08. The van der Waals surface area contributed by atoms with Crippen molar-refractivity contribution in [1.82, 2.24) is 19.1 Å². The molecular formula is C23H26N4O. The van der Waals surface area contributed by atoms with Crippen LogP contribution in [0.2, 0.25) is 0 Å². The number of aromatic nitrogens is 4. The van der Waals surface area contributed by atoms with Gasteiger partial charge in [0.1, 0.15) is 0 Å². The van der Waals surface area contributed by atoms with Crippen molar-refractivity contribution in [2.45, 2.75) is 34.2 Å². The Kier molecular flexibility index (Phi) is 4.26. The number of hydrogen-bond acceptors (Lipinski definition) is 2. The van der Waals surface area contributed by atoms with E-state index in [1.807, 2.05) is 29.0 Å². The first-order chi connectivity index (χ1) is 13.2. The Labute approximate surface area is 164 Å². The van der Waals surface area contributed by atoms with Crippen LogP contribution in [0.4, 0.5) is 0 Å². The molecule has 0 bridgehead atoms. The van der Waals surface area contributed by atoms with Gasteiger partial charge in [0.05, 0.1) is 11.2 Å². The molecule has 0 saturated carbocycles. The average molecular weight is 374 g/mol. The molecule has 28 heavy (non-hydrogen) atoms. The lowest BCUT2D eigenvalue weighted by atomic mass is 9.97. The molecule has 0 spiro atoms. The van der Waals surface area contributed by atoms with E-state index in [0.717, 1.165) is 39.2 Å². The van der Waals surface area contributed by atoms with Gasteiger partial charge >= 0.3 is 5.69 Å². The Balaban J connectivity index is 1.86. The van der Waals surface area contributed by atoms with Crippen LogP contribution in [0.1, 0.15) is 26.3 Å². The van der Waals surface area contributed by atoms with Crippen molar-refractivity contribution in [3.63, 3.8) is 0 Å². The number of H-pyrrole nitrogens is 1. The van der Waals surface area contributed by atoms with Crippen LogP contribution in [0.25, 0.3) is 33.7 Å². The van der Waals surface area contributed by atoms with Crippen LogP contribution in [0.15, 0.2) is 53.5 Å². The zero-order valence-corrected chi connectivity index (χ0v) is 17.1. The number of aryl methyl sites for hydroxylation is 2. The molecular weight excluding hydrogens is 348 g/mol. The van der Waals surface area contributed by atoms with Crippen molar-refractivity contribution < 1.29 is 0 Å². The van der Waals surface area contributed by atoms with Crippen LogP contribution in [0, 0.1) is 12.3 Å². The molecule has 5 nitrogen and oxygen atoms in total. The summed E-state index contributed by atoms with van der Waals surface area (Å²) in [5, 5.41) is 0. The van der Waals surface area contributed by atoms with Crippen molar-refractivity contribution in [1.29, 1.82) is 0 Å². The van der Waals surface area contributed by atoms with Crippen LogP contribution >= 0.6 is 0 Å². The predicted octanol–water partition coefficient (Wildman–Crippen LogP) is 4.75. The lowest BCUT2D eigenvalue weighted by Crippen LogP contribution is -2.27. The average Bonchev–Trinajstić information content (AvgIpc) is 3.25. The summed E-state index contributed by atoms with van der Waals surface area (Å²) in [7, 11) is 1.79. The lowest BCUT2D eigenvalue weighted by molar-refractivity contribution is 0.342. The van der Waals surface area contributed by atoms with E-state index in [1.165, 1.54) is 0 Å². The molecule has 3 aromatic heterocycles. The van der Waals surface area contributed by atoms with Crippen molar-refractivity contribution in [2.24, 2.45) is 12.5 Å². The van der Waals surface area contributed by atoms with Gasteiger partial charge in [0.2, 0.25) is 0 Å². The number of rotatable bonds is 3. The van der Waals surface area contributed by atoms with E-state index in [4.69, 9.17) is 4.98 Å². The molecule has 5 heteroatoms. The molecule has 0 saturated heterocycles. The molecule has 0 fully saturated rings. The Morgan fingerprint density at radius 1 is 1.11 bits per heavy atom. The van der Waals surface area contributed by atoms with E-state index in [9.17, 15) is 4.79 Å². The maximum atomic E-state index is 12.8. The second-order valence-electron chi connectivity index (χ2n) is 8.64. The van der Waals surface area contributed by atoms with Gasteiger partial charge in [0.25, 0.3) is 0 Å². The molecule has 144 valence electrons. The van der Waals surface area contributed by atoms with Gasteiger partial charge in [0, 0.05) is 31.0 Å². The molecule has 4 aromatic rings. The zero-order valence-electron chi connectivity index (χ0n) is 17.1. The summed E-state index contributed by atoms with van der Waals surface area (Å²) < 4.78 is 3.48. The van der Waals surface area contributed by atoms with Gasteiger partial charge in [-0.3, -0.25) is 9.13 Å². The summed E-state index contributed by atoms with van der Waals surface area (Å²) in [6.07, 6.45) is 1.92. The molecule has 3 heterocycles. The maximum absolute atomic E-state index is 12.8. The van der Waals surface area contributed by atoms with Crippen LogP contribution in [0.5, 0.6) is 0 Å². The van der Waals surface area contributed by atoms with Gasteiger partial charge in [-0.05, 0) is 53.8 Å². The van der Waals surface area contributed by atoms with Crippen LogP contribution in [0.3, 0.4) is 0 Å². The minimum atomic E-state index is -0.0218. The number of nitrogens with one attached hydrogen (secondary N) is 1. The quantitative estimate of drug-likeness (QED) is 0.562. The van der Waals surface area contributed by atoms with Gasteiger partial charge in [-0.2, -0.15) is 0 Å². The van der Waals surface area contributed by atoms with Crippen molar-refractivity contribution >= 4 is 11.2 Å². The number of benzene rings is 1. The highest BCUT2D eigenvalue weighted by atomic mass is 16.1. The van der Waals surface area contributed by atoms with Gasteiger partial charge in [-0.1, -0.05) is 32.9 Å². The van der Waals surface area contributed by atoms with E-state index < -0.39 is 0 Å². The van der Waals surface area contributed by atoms with Crippen molar-refractivity contribution in [3.05, 3.63) is 64.7 Å². The first-order valence-corrected chi connectivity index (χ1v) is 9.56. The molecule has 0 amide bonds. The molecule has 0 aliphatic rings. The predicted molar refractivity (Wildman–Crippen MR) is 114 cm³/mol. The third-order valence-corrected chi connectivity index (χ3v) is 5.04. The summed E-state index contributed by atoms with van der Waals surface area (Å²) >= 11 is 0. The van der Waals surface area contributed by atoms with Gasteiger partial charge in [-0.25, -0.2) is 9.78 Å². The van der Waals surface area contributed by atoms with Crippen molar-refractivity contribution in [2.75, 3.05) is 0 Å². The Morgan fingerprint density at radius 2 is 1.89 bits per heavy atom. The number of imidazole rings is 1. The van der Waals surface area contributed by atoms with Gasteiger partial charge in [0.15, 0.2) is 5.65 Å². The largest absolute Gasteiger partial charge is 0.361 e. The summed E-state index contributed by atoms with van der Waals surface area (Å²) in [5.74, 6) is 0. The molecule has 1 aromatic carbocycles. The first kappa shape index (κ1) is 18.3. The van der Waals surface area contributed by atoms with E-state index in [2.05, 4.69) is 56.9 Å². The summed E-state index contributed by atoms with van der Waals surface area (Å²) in [6.45, 7) is 9.15. The minimum Gasteiger partial charge on any atom is -0.361 e. The highest BCUT2D eigenvalue weighted by Crippen LogP contribution is 2.29. The highest BCUT2D eigenvalue weighted by molar-refractivity contribution is 5.79. The molecule has 1 N–H and O–H groups in total. The van der Waals surface area contributed by atoms with Crippen molar-refractivity contribution in [3.8, 4) is 22.5 Å². The topological polar surface area (TPSA) is 55.6 Å². The second-order valence-corrected chi connectivity index (χ2v) is 8.64. The summed E-state index contributed by atoms with van der Waals surface area (Å²) in [6, 6.07) is 14.5. The van der Waals surface area contributed by atoms with E-state index in [-0.39, 0.29) is 11.1 Å². The summed E-state index contributed by atoms with van der Waals surface area (Å²) in [4.78, 5) is 20.9. The van der Waals surface area contributed by atoms with E-state index in [1.54, 1.807) is 11.6 Å². The smallest absolute Gasteiger partial charge is 0.330 e. The van der Waals surface area contributed by atoms with E-state index >= 15 is 0 Å². The molecule has 0 radical (unpaired) electrons. The molecule has 0 atom stereocenters. The second kappa shape index (κ2) is 6.51. The molecule has 0 aliphatic carbocycles. The van der Waals surface area contributed by atoms with Gasteiger partial charge < -0.3 is 4.98 Å². The summed E-state index contributed by atoms with van der Waals surface area (Å²) in [5.41, 5.74) is 6.88.